The van der Waals surface area contributed by atoms with E-state index in [-0.39, 0.29) is 30.4 Å². The van der Waals surface area contributed by atoms with Crippen LogP contribution in [-0.2, 0) is 26.1 Å². The molecule has 1 aromatic carbocycles. The maximum atomic E-state index is 12.7. The zero-order valence-electron chi connectivity index (χ0n) is 17.9. The van der Waals surface area contributed by atoms with E-state index in [9.17, 15) is 18.0 Å². The van der Waals surface area contributed by atoms with Gasteiger partial charge in [0, 0.05) is 36.6 Å². The van der Waals surface area contributed by atoms with Crippen molar-refractivity contribution in [3.63, 3.8) is 0 Å². The van der Waals surface area contributed by atoms with E-state index in [4.69, 9.17) is 4.74 Å². The van der Waals surface area contributed by atoms with Gasteiger partial charge < -0.3 is 9.30 Å². The number of esters is 1. The van der Waals surface area contributed by atoms with Crippen LogP contribution in [0.5, 0.6) is 0 Å². The molecule has 2 heterocycles. The number of aromatic nitrogens is 1. The molecule has 1 aliphatic rings. The molecule has 7 nitrogen and oxygen atoms in total. The van der Waals surface area contributed by atoms with Crippen LogP contribution in [0.25, 0.3) is 0 Å². The smallest absolute Gasteiger partial charge is 0.309 e. The Labute approximate surface area is 183 Å². The van der Waals surface area contributed by atoms with E-state index in [2.05, 4.69) is 6.58 Å². The Hall–Kier alpha value is -2.71. The van der Waals surface area contributed by atoms with Crippen molar-refractivity contribution in [1.29, 1.82) is 0 Å². The summed E-state index contributed by atoms with van der Waals surface area (Å²) in [4.78, 5) is 25.3. The van der Waals surface area contributed by atoms with Gasteiger partial charge in [0.15, 0.2) is 6.61 Å². The summed E-state index contributed by atoms with van der Waals surface area (Å²) in [5.74, 6) is -1.12. The summed E-state index contributed by atoms with van der Waals surface area (Å²) in [6.07, 6.45) is 2.50. The molecule has 3 rings (SSSR count). The van der Waals surface area contributed by atoms with E-state index < -0.39 is 21.9 Å². The largest absolute Gasteiger partial charge is 0.457 e. The Balaban J connectivity index is 1.54. The number of carbonyl (C=O) groups is 2. The van der Waals surface area contributed by atoms with Gasteiger partial charge in [-0.3, -0.25) is 9.59 Å². The number of benzene rings is 1. The number of carbonyl (C=O) groups excluding carboxylic acids is 2. The molecule has 0 spiro atoms. The number of hydrogen-bond acceptors (Lipinski definition) is 5. The van der Waals surface area contributed by atoms with Crippen molar-refractivity contribution in [3.8, 4) is 0 Å². The first-order valence-corrected chi connectivity index (χ1v) is 11.7. The lowest BCUT2D eigenvalue weighted by Crippen LogP contribution is -2.40. The fourth-order valence-electron chi connectivity index (χ4n) is 3.90. The van der Waals surface area contributed by atoms with Crippen molar-refractivity contribution in [3.05, 3.63) is 66.0 Å². The van der Waals surface area contributed by atoms with Crippen LogP contribution >= 0.6 is 0 Å². The summed E-state index contributed by atoms with van der Waals surface area (Å²) in [5.41, 5.74) is 2.30. The molecule has 0 unspecified atom stereocenters. The number of rotatable bonds is 8. The van der Waals surface area contributed by atoms with Gasteiger partial charge in [-0.1, -0.05) is 24.3 Å². The summed E-state index contributed by atoms with van der Waals surface area (Å²) >= 11 is 0. The highest BCUT2D eigenvalue weighted by atomic mass is 32.2. The van der Waals surface area contributed by atoms with Gasteiger partial charge >= 0.3 is 5.97 Å². The SMILES string of the molecule is C=CCn1c(C)cc(C(=O)COC(=O)C2CCN(S(=O)(=O)c3ccccc3)CC2)c1C. The predicted molar refractivity (Wildman–Crippen MR) is 117 cm³/mol. The molecule has 31 heavy (non-hydrogen) atoms. The number of ketones is 1. The summed E-state index contributed by atoms with van der Waals surface area (Å²) in [6.45, 7) is 8.27. The van der Waals surface area contributed by atoms with Gasteiger partial charge in [-0.05, 0) is 44.9 Å². The van der Waals surface area contributed by atoms with Crippen LogP contribution in [0.1, 0.15) is 34.6 Å². The van der Waals surface area contributed by atoms with Gasteiger partial charge in [-0.2, -0.15) is 4.31 Å². The van der Waals surface area contributed by atoms with Gasteiger partial charge in [0.25, 0.3) is 0 Å². The monoisotopic (exact) mass is 444 g/mol. The molecule has 0 atom stereocenters. The number of piperidine rings is 1. The third-order valence-electron chi connectivity index (χ3n) is 5.70. The topological polar surface area (TPSA) is 85.7 Å². The van der Waals surface area contributed by atoms with Crippen LogP contribution in [0.3, 0.4) is 0 Å². The lowest BCUT2D eigenvalue weighted by atomic mass is 9.98. The molecule has 0 N–H and O–H groups in total. The molecule has 8 heteroatoms. The summed E-state index contributed by atoms with van der Waals surface area (Å²) in [5, 5.41) is 0. The molecule has 1 fully saturated rings. The van der Waals surface area contributed by atoms with Gasteiger partial charge in [-0.25, -0.2) is 8.42 Å². The van der Waals surface area contributed by atoms with Crippen molar-refractivity contribution in [1.82, 2.24) is 8.87 Å². The highest BCUT2D eigenvalue weighted by molar-refractivity contribution is 7.89. The van der Waals surface area contributed by atoms with Crippen molar-refractivity contribution < 1.29 is 22.7 Å². The van der Waals surface area contributed by atoms with Crippen molar-refractivity contribution in [2.24, 2.45) is 5.92 Å². The Morgan fingerprint density at radius 3 is 2.42 bits per heavy atom. The van der Waals surface area contributed by atoms with E-state index in [1.54, 1.807) is 42.5 Å². The number of ether oxygens (including phenoxy) is 1. The molecule has 0 bridgehead atoms. The minimum absolute atomic E-state index is 0.244. The van der Waals surface area contributed by atoms with E-state index in [0.717, 1.165) is 11.4 Å². The predicted octanol–water partition coefficient (Wildman–Crippen LogP) is 3.12. The van der Waals surface area contributed by atoms with Crippen LogP contribution in [0.15, 0.2) is 53.9 Å². The fourth-order valence-corrected chi connectivity index (χ4v) is 5.39. The van der Waals surface area contributed by atoms with E-state index in [0.29, 0.717) is 24.9 Å². The molecular weight excluding hydrogens is 416 g/mol. The van der Waals surface area contributed by atoms with Gasteiger partial charge in [0.05, 0.1) is 10.8 Å². The maximum absolute atomic E-state index is 12.7. The van der Waals surface area contributed by atoms with Crippen LogP contribution in [0, 0.1) is 19.8 Å². The van der Waals surface area contributed by atoms with Gasteiger partial charge in [-0.15, -0.1) is 6.58 Å². The fraction of sp³-hybridized carbons (Fsp3) is 0.391. The molecule has 2 aromatic rings. The Morgan fingerprint density at radius 2 is 1.81 bits per heavy atom. The number of allylic oxidation sites excluding steroid dienone is 1. The number of aryl methyl sites for hydroxylation is 1. The summed E-state index contributed by atoms with van der Waals surface area (Å²) in [7, 11) is -3.57. The lowest BCUT2D eigenvalue weighted by molar-refractivity contribution is -0.148. The summed E-state index contributed by atoms with van der Waals surface area (Å²) in [6, 6.07) is 10.0. The Bertz CT molecular complexity index is 1060. The highest BCUT2D eigenvalue weighted by Gasteiger charge is 2.33. The molecule has 1 aromatic heterocycles. The van der Waals surface area contributed by atoms with Crippen LogP contribution in [0.2, 0.25) is 0 Å². The standard InChI is InChI=1S/C23H28N2O5S/c1-4-12-25-17(2)15-21(18(25)3)22(26)16-30-23(27)19-10-13-24(14-11-19)31(28,29)20-8-6-5-7-9-20/h4-9,15,19H,1,10-14,16H2,2-3H3. The number of Topliss-reactive ketones (excluding diaryl/α,β-unsaturated/α-hetero) is 1. The Kier molecular flexibility index (Phi) is 7.12. The van der Waals surface area contributed by atoms with Gasteiger partial charge in [0.2, 0.25) is 15.8 Å². The second-order valence-electron chi connectivity index (χ2n) is 7.71. The Morgan fingerprint density at radius 1 is 1.16 bits per heavy atom. The van der Waals surface area contributed by atoms with E-state index >= 15 is 0 Å². The first-order valence-electron chi connectivity index (χ1n) is 10.3. The second kappa shape index (κ2) is 9.62. The van der Waals surface area contributed by atoms with Crippen molar-refractivity contribution >= 4 is 21.8 Å². The van der Waals surface area contributed by atoms with Crippen LogP contribution in [-0.4, -0.2) is 48.7 Å². The molecule has 1 saturated heterocycles. The summed E-state index contributed by atoms with van der Waals surface area (Å²) < 4.78 is 34.1. The molecule has 0 amide bonds. The molecule has 0 radical (unpaired) electrons. The normalized spacial score (nSPS) is 15.5. The van der Waals surface area contributed by atoms with E-state index in [1.165, 1.54) is 4.31 Å². The number of sulfonamides is 1. The second-order valence-corrected chi connectivity index (χ2v) is 9.64. The molecular formula is C23H28N2O5S. The van der Waals surface area contributed by atoms with Crippen LogP contribution < -0.4 is 0 Å². The van der Waals surface area contributed by atoms with Crippen LogP contribution in [0.4, 0.5) is 0 Å². The van der Waals surface area contributed by atoms with Gasteiger partial charge in [0.1, 0.15) is 0 Å². The molecule has 1 aliphatic heterocycles. The minimum Gasteiger partial charge on any atom is -0.457 e. The average molecular weight is 445 g/mol. The maximum Gasteiger partial charge on any atom is 0.309 e. The highest BCUT2D eigenvalue weighted by Crippen LogP contribution is 2.25. The first-order chi connectivity index (χ1) is 14.8. The molecule has 0 aliphatic carbocycles. The van der Waals surface area contributed by atoms with Crippen molar-refractivity contribution in [2.45, 2.75) is 38.1 Å². The minimum atomic E-state index is -3.57. The third-order valence-corrected chi connectivity index (χ3v) is 7.61. The first kappa shape index (κ1) is 23.0. The number of nitrogens with zero attached hydrogens (tertiary/aromatic N) is 2. The average Bonchev–Trinajstić information content (AvgIpc) is 3.06. The van der Waals surface area contributed by atoms with E-state index in [1.807, 2.05) is 18.4 Å². The zero-order chi connectivity index (χ0) is 22.6. The van der Waals surface area contributed by atoms with Crippen molar-refractivity contribution in [2.75, 3.05) is 19.7 Å². The quantitative estimate of drug-likeness (QED) is 0.355. The lowest BCUT2D eigenvalue weighted by Gasteiger charge is -2.30. The molecule has 166 valence electrons. The molecule has 0 saturated carbocycles. The number of hydrogen-bond donors (Lipinski definition) is 0. The third kappa shape index (κ3) is 4.97. The zero-order valence-corrected chi connectivity index (χ0v) is 18.7.